The Morgan fingerprint density at radius 1 is 1.56 bits per heavy atom. The van der Waals surface area contributed by atoms with Crippen LogP contribution in [0.5, 0.6) is 0 Å². The zero-order valence-electron chi connectivity index (χ0n) is 6.11. The maximum absolute atomic E-state index is 10.3. The van der Waals surface area contributed by atoms with E-state index in [9.17, 15) is 4.79 Å². The van der Waals surface area contributed by atoms with Gasteiger partial charge in [-0.15, -0.1) is 0 Å². The second-order valence-corrected chi connectivity index (χ2v) is 1.38. The summed E-state index contributed by atoms with van der Waals surface area (Å²) in [5.41, 5.74) is -0.410. The van der Waals surface area contributed by atoms with Gasteiger partial charge in [0.2, 0.25) is 0 Å². The van der Waals surface area contributed by atoms with Crippen molar-refractivity contribution >= 4 is 0 Å². The van der Waals surface area contributed by atoms with Crippen molar-refractivity contribution in [2.45, 2.75) is 0 Å². The number of hydrogen-bond acceptors (Lipinski definition) is 2. The van der Waals surface area contributed by atoms with Crippen LogP contribution in [-0.4, -0.2) is 9.94 Å². The Morgan fingerprint density at radius 2 is 2.22 bits per heavy atom. The largest absolute Gasteiger partial charge is 1.00 e. The molecule has 0 bridgehead atoms. The van der Waals surface area contributed by atoms with Gasteiger partial charge in [0.15, 0.2) is 0 Å². The third kappa shape index (κ3) is 2.22. The minimum Gasteiger partial charge on any atom is -1.00 e. The molecule has 0 aliphatic heterocycles. The molecule has 0 unspecified atom stereocenters. The molecule has 44 valence electrons. The van der Waals surface area contributed by atoms with Crippen molar-refractivity contribution in [2.75, 3.05) is 0 Å². The number of pyridine rings is 1. The summed E-state index contributed by atoms with van der Waals surface area (Å²) in [6, 6.07) is 4.41. The van der Waals surface area contributed by atoms with E-state index < -0.39 is 5.56 Å². The first-order valence-corrected chi connectivity index (χ1v) is 2.17. The zero-order valence-corrected chi connectivity index (χ0v) is 7.11. The molecule has 0 amide bonds. The molecule has 4 heteroatoms. The molecular weight excluding hydrogens is 129 g/mol. The summed E-state index contributed by atoms with van der Waals surface area (Å²) in [6.07, 6.45) is 1.28. The maximum atomic E-state index is 10.3. The Hall–Kier alpha value is -0.250. The van der Waals surface area contributed by atoms with Gasteiger partial charge in [-0.2, -0.15) is 4.73 Å². The van der Waals surface area contributed by atoms with E-state index in [1.54, 1.807) is 12.1 Å². The van der Waals surface area contributed by atoms with Crippen molar-refractivity contribution in [1.82, 2.24) is 4.73 Å². The van der Waals surface area contributed by atoms with Crippen molar-refractivity contribution in [3.8, 4) is 0 Å². The first kappa shape index (κ1) is 8.75. The van der Waals surface area contributed by atoms with Gasteiger partial charge in [-0.05, 0) is 6.07 Å². The molecule has 0 saturated carbocycles. The number of rotatable bonds is 0. The van der Waals surface area contributed by atoms with E-state index in [-0.39, 0.29) is 31.0 Å². The van der Waals surface area contributed by atoms with E-state index in [1.807, 2.05) is 0 Å². The molecule has 1 N–H and O–H groups in total. The molecule has 0 saturated heterocycles. The van der Waals surface area contributed by atoms with Gasteiger partial charge in [0, 0.05) is 12.3 Å². The average Bonchev–Trinajstić information content (AvgIpc) is 1.77. The van der Waals surface area contributed by atoms with Crippen molar-refractivity contribution < 1.29 is 36.2 Å². The van der Waals surface area contributed by atoms with Crippen LogP contribution in [0.3, 0.4) is 0 Å². The molecule has 0 aliphatic rings. The van der Waals surface area contributed by atoms with E-state index in [4.69, 9.17) is 5.21 Å². The van der Waals surface area contributed by atoms with Crippen LogP contribution in [0.4, 0.5) is 0 Å². The Kier molecular flexibility index (Phi) is 3.61. The molecule has 1 aromatic rings. The van der Waals surface area contributed by atoms with Gasteiger partial charge in [-0.3, -0.25) is 4.79 Å². The van der Waals surface area contributed by atoms with Gasteiger partial charge >= 0.3 is 29.6 Å². The minimum absolute atomic E-state index is 0. The molecule has 0 aliphatic carbocycles. The second kappa shape index (κ2) is 3.71. The van der Waals surface area contributed by atoms with Crippen LogP contribution in [0.25, 0.3) is 0 Å². The molecular formula is C5H6NNaO2. The standard InChI is InChI=1S/C5H5NO2.Na.H/c7-5-3-1-2-4-6(5)8;;/h1-4,8H;;/q;+1;-1. The Bertz CT molecular complexity index is 237. The first-order valence-electron chi connectivity index (χ1n) is 2.17. The summed E-state index contributed by atoms with van der Waals surface area (Å²) in [4.78, 5) is 10.3. The molecule has 1 rings (SSSR count). The number of hydrogen-bond donors (Lipinski definition) is 1. The topological polar surface area (TPSA) is 42.2 Å². The molecule has 1 heterocycles. The first-order chi connectivity index (χ1) is 3.80. The van der Waals surface area contributed by atoms with E-state index in [0.29, 0.717) is 4.73 Å². The molecule has 0 fully saturated rings. The van der Waals surface area contributed by atoms with Gasteiger partial charge in [0.05, 0.1) is 0 Å². The van der Waals surface area contributed by atoms with Crippen molar-refractivity contribution in [3.63, 3.8) is 0 Å². The molecule has 3 nitrogen and oxygen atoms in total. The Labute approximate surface area is 75.7 Å². The summed E-state index contributed by atoms with van der Waals surface area (Å²) in [5.74, 6) is 0. The molecule has 9 heavy (non-hydrogen) atoms. The summed E-state index contributed by atoms with van der Waals surface area (Å²) in [5, 5.41) is 8.52. The van der Waals surface area contributed by atoms with Crippen LogP contribution in [0.1, 0.15) is 1.43 Å². The monoisotopic (exact) mass is 135 g/mol. The molecule has 0 atom stereocenters. The van der Waals surface area contributed by atoms with Crippen molar-refractivity contribution in [2.24, 2.45) is 0 Å². The summed E-state index contributed by atoms with van der Waals surface area (Å²) >= 11 is 0. The SMILES string of the molecule is O=c1ccccn1O.[H-].[Na+]. The summed E-state index contributed by atoms with van der Waals surface area (Å²) in [7, 11) is 0. The van der Waals surface area contributed by atoms with Gasteiger partial charge in [0.1, 0.15) is 0 Å². The normalized spacial score (nSPS) is 8.00. The van der Waals surface area contributed by atoms with Crippen LogP contribution in [0.15, 0.2) is 29.2 Å². The van der Waals surface area contributed by atoms with Crippen molar-refractivity contribution in [3.05, 3.63) is 34.7 Å². The average molecular weight is 135 g/mol. The van der Waals surface area contributed by atoms with Gasteiger partial charge in [-0.25, -0.2) is 0 Å². The smallest absolute Gasteiger partial charge is 1.00 e. The predicted molar refractivity (Wildman–Crippen MR) is 29.0 cm³/mol. The third-order valence-electron chi connectivity index (χ3n) is 0.803. The molecule has 0 spiro atoms. The van der Waals surface area contributed by atoms with Gasteiger partial charge in [-0.1, -0.05) is 6.07 Å². The summed E-state index contributed by atoms with van der Waals surface area (Å²) in [6.45, 7) is 0. The van der Waals surface area contributed by atoms with E-state index in [2.05, 4.69) is 0 Å². The van der Waals surface area contributed by atoms with Crippen molar-refractivity contribution in [1.29, 1.82) is 0 Å². The van der Waals surface area contributed by atoms with E-state index in [1.165, 1.54) is 12.3 Å². The second-order valence-electron chi connectivity index (χ2n) is 1.38. The Morgan fingerprint density at radius 3 is 2.56 bits per heavy atom. The fourth-order valence-corrected chi connectivity index (χ4v) is 0.419. The van der Waals surface area contributed by atoms with Crippen LogP contribution in [0, 0.1) is 0 Å². The fraction of sp³-hybridized carbons (Fsp3) is 0. The molecule has 1 aromatic heterocycles. The quantitative estimate of drug-likeness (QED) is 0.308. The third-order valence-corrected chi connectivity index (χ3v) is 0.803. The van der Waals surface area contributed by atoms with Crippen LogP contribution in [-0.2, 0) is 0 Å². The van der Waals surface area contributed by atoms with Gasteiger partial charge in [0.25, 0.3) is 5.56 Å². The van der Waals surface area contributed by atoms with Crippen LogP contribution < -0.4 is 35.1 Å². The Balaban J connectivity index is 0. The zero-order chi connectivity index (χ0) is 5.98. The van der Waals surface area contributed by atoms with E-state index >= 15 is 0 Å². The number of aromatic nitrogens is 1. The summed E-state index contributed by atoms with van der Waals surface area (Å²) < 4.78 is 0.528. The van der Waals surface area contributed by atoms with Crippen LogP contribution in [0.2, 0.25) is 0 Å². The fourth-order valence-electron chi connectivity index (χ4n) is 0.419. The predicted octanol–water partition coefficient (Wildman–Crippen LogP) is -2.80. The number of nitrogens with zero attached hydrogens (tertiary/aromatic N) is 1. The maximum Gasteiger partial charge on any atom is 1.00 e. The van der Waals surface area contributed by atoms with E-state index in [0.717, 1.165) is 0 Å². The molecule has 0 radical (unpaired) electrons. The van der Waals surface area contributed by atoms with Gasteiger partial charge < -0.3 is 6.63 Å². The molecule has 0 aromatic carbocycles. The van der Waals surface area contributed by atoms with Crippen LogP contribution >= 0.6 is 0 Å². The minimum atomic E-state index is -0.410.